The quantitative estimate of drug-likeness (QED) is 0.552. The second-order valence-corrected chi connectivity index (χ2v) is 5.84. The van der Waals surface area contributed by atoms with Gasteiger partial charge in [0.15, 0.2) is 0 Å². The molecule has 4 heteroatoms. The molecule has 0 saturated carbocycles. The van der Waals surface area contributed by atoms with Crippen molar-refractivity contribution < 1.29 is 5.11 Å². The second kappa shape index (κ2) is 10.7. The standard InChI is InChI=1S/C13H19NOS2/c15-7-9-17-11-10-16-8-6-14-12-13-4-2-1-3-5-13/h1-5,12,15H,6-11H2. The number of nitrogens with zero attached hydrogens (tertiary/aromatic N) is 1. The third-order valence-corrected chi connectivity index (χ3v) is 4.20. The molecule has 1 rings (SSSR count). The van der Waals surface area contributed by atoms with Gasteiger partial charge in [-0.1, -0.05) is 30.3 Å². The van der Waals surface area contributed by atoms with E-state index >= 15 is 0 Å². The molecule has 0 atom stereocenters. The predicted molar refractivity (Wildman–Crippen MR) is 80.6 cm³/mol. The van der Waals surface area contributed by atoms with E-state index in [1.165, 1.54) is 0 Å². The fourth-order valence-corrected chi connectivity index (χ4v) is 2.93. The number of benzene rings is 1. The summed E-state index contributed by atoms with van der Waals surface area (Å²) in [6.07, 6.45) is 1.93. The molecule has 0 heterocycles. The van der Waals surface area contributed by atoms with Crippen LogP contribution in [0, 0.1) is 0 Å². The monoisotopic (exact) mass is 269 g/mol. The van der Waals surface area contributed by atoms with Crippen molar-refractivity contribution in [1.82, 2.24) is 0 Å². The highest BCUT2D eigenvalue weighted by Gasteiger charge is 1.90. The summed E-state index contributed by atoms with van der Waals surface area (Å²) >= 11 is 3.73. The van der Waals surface area contributed by atoms with Gasteiger partial charge in [0.25, 0.3) is 0 Å². The highest BCUT2D eigenvalue weighted by Crippen LogP contribution is 2.06. The normalized spacial score (nSPS) is 11.1. The van der Waals surface area contributed by atoms with E-state index in [2.05, 4.69) is 17.1 Å². The average Bonchev–Trinajstić information content (AvgIpc) is 2.38. The fourth-order valence-electron chi connectivity index (χ4n) is 1.21. The first kappa shape index (κ1) is 14.6. The van der Waals surface area contributed by atoms with E-state index in [-0.39, 0.29) is 6.61 Å². The van der Waals surface area contributed by atoms with Crippen LogP contribution < -0.4 is 0 Å². The van der Waals surface area contributed by atoms with Crippen LogP contribution in [0.4, 0.5) is 0 Å². The molecule has 0 aliphatic rings. The number of rotatable bonds is 9. The van der Waals surface area contributed by atoms with Crippen LogP contribution in [0.2, 0.25) is 0 Å². The lowest BCUT2D eigenvalue weighted by Crippen LogP contribution is -1.93. The molecule has 0 fully saturated rings. The Balaban J connectivity index is 1.95. The van der Waals surface area contributed by atoms with Crippen LogP contribution in [0.3, 0.4) is 0 Å². The van der Waals surface area contributed by atoms with E-state index in [0.29, 0.717) is 0 Å². The Bertz CT molecular complexity index is 304. The van der Waals surface area contributed by atoms with Crippen molar-refractivity contribution in [2.24, 2.45) is 4.99 Å². The molecular formula is C13H19NOS2. The molecule has 0 aliphatic heterocycles. The maximum absolute atomic E-state index is 8.60. The maximum atomic E-state index is 8.60. The Morgan fingerprint density at radius 2 is 1.71 bits per heavy atom. The molecule has 0 bridgehead atoms. The Hall–Kier alpha value is -0.450. The molecule has 1 N–H and O–H groups in total. The summed E-state index contributed by atoms with van der Waals surface area (Å²) in [4.78, 5) is 4.38. The summed E-state index contributed by atoms with van der Waals surface area (Å²) in [7, 11) is 0. The highest BCUT2D eigenvalue weighted by molar-refractivity contribution is 8.02. The van der Waals surface area contributed by atoms with Gasteiger partial charge in [0.05, 0.1) is 6.61 Å². The first-order valence-electron chi connectivity index (χ1n) is 5.74. The Morgan fingerprint density at radius 3 is 2.41 bits per heavy atom. The topological polar surface area (TPSA) is 32.6 Å². The second-order valence-electron chi connectivity index (χ2n) is 3.39. The molecular weight excluding hydrogens is 250 g/mol. The van der Waals surface area contributed by atoms with E-state index in [9.17, 15) is 0 Å². The van der Waals surface area contributed by atoms with Crippen LogP contribution in [0.25, 0.3) is 0 Å². The summed E-state index contributed by atoms with van der Waals surface area (Å²) in [6.45, 7) is 1.17. The van der Waals surface area contributed by atoms with E-state index in [0.717, 1.165) is 35.1 Å². The number of aliphatic imine (C=N–C) groups is 1. The zero-order chi connectivity index (χ0) is 12.2. The Labute approximate surface area is 112 Å². The van der Waals surface area contributed by atoms with Crippen molar-refractivity contribution in [3.8, 4) is 0 Å². The van der Waals surface area contributed by atoms with Gasteiger partial charge >= 0.3 is 0 Å². The third-order valence-electron chi connectivity index (χ3n) is 2.01. The van der Waals surface area contributed by atoms with Crippen molar-refractivity contribution >= 4 is 29.7 Å². The van der Waals surface area contributed by atoms with Crippen LogP contribution in [0.5, 0.6) is 0 Å². The first-order chi connectivity index (χ1) is 8.43. The summed E-state index contributed by atoms with van der Waals surface area (Å²) in [5.41, 5.74) is 1.16. The molecule has 1 aromatic carbocycles. The van der Waals surface area contributed by atoms with Crippen molar-refractivity contribution in [3.63, 3.8) is 0 Å². The minimum absolute atomic E-state index is 0.288. The number of aliphatic hydroxyl groups excluding tert-OH is 1. The van der Waals surface area contributed by atoms with Gasteiger partial charge in [0.1, 0.15) is 0 Å². The summed E-state index contributed by atoms with van der Waals surface area (Å²) in [5.74, 6) is 4.19. The maximum Gasteiger partial charge on any atom is 0.0521 e. The van der Waals surface area contributed by atoms with E-state index in [1.54, 1.807) is 11.8 Å². The molecule has 94 valence electrons. The van der Waals surface area contributed by atoms with Crippen molar-refractivity contribution in [2.75, 3.05) is 36.2 Å². The zero-order valence-corrected chi connectivity index (χ0v) is 11.6. The van der Waals surface area contributed by atoms with E-state index in [1.807, 2.05) is 36.2 Å². The van der Waals surface area contributed by atoms with Gasteiger partial charge in [-0.3, -0.25) is 4.99 Å². The highest BCUT2D eigenvalue weighted by atomic mass is 32.2. The molecule has 0 saturated heterocycles. The van der Waals surface area contributed by atoms with Gasteiger partial charge in [-0.05, 0) is 5.56 Å². The first-order valence-corrected chi connectivity index (χ1v) is 8.05. The fraction of sp³-hybridized carbons (Fsp3) is 0.462. The van der Waals surface area contributed by atoms with Crippen molar-refractivity contribution in [1.29, 1.82) is 0 Å². The average molecular weight is 269 g/mol. The Kier molecular flexibility index (Phi) is 9.19. The molecule has 0 spiro atoms. The molecule has 0 aliphatic carbocycles. The lowest BCUT2D eigenvalue weighted by atomic mass is 10.2. The summed E-state index contributed by atoms with van der Waals surface area (Å²) < 4.78 is 0. The van der Waals surface area contributed by atoms with Gasteiger partial charge < -0.3 is 5.11 Å². The third kappa shape index (κ3) is 8.30. The number of hydrogen-bond donors (Lipinski definition) is 1. The van der Waals surface area contributed by atoms with Crippen LogP contribution >= 0.6 is 23.5 Å². The van der Waals surface area contributed by atoms with E-state index < -0.39 is 0 Å². The lowest BCUT2D eigenvalue weighted by Gasteiger charge is -1.99. The molecule has 0 radical (unpaired) electrons. The van der Waals surface area contributed by atoms with Crippen LogP contribution in [-0.4, -0.2) is 47.5 Å². The van der Waals surface area contributed by atoms with Crippen LogP contribution in [0.15, 0.2) is 35.3 Å². The van der Waals surface area contributed by atoms with Crippen LogP contribution in [0.1, 0.15) is 5.56 Å². The molecule has 0 unspecified atom stereocenters. The summed E-state index contributed by atoms with van der Waals surface area (Å²) in [5, 5.41) is 8.60. The van der Waals surface area contributed by atoms with Gasteiger partial charge in [0.2, 0.25) is 0 Å². The molecule has 2 nitrogen and oxygen atoms in total. The summed E-state index contributed by atoms with van der Waals surface area (Å²) in [6, 6.07) is 10.2. The minimum atomic E-state index is 0.288. The lowest BCUT2D eigenvalue weighted by molar-refractivity contribution is 0.322. The predicted octanol–water partition coefficient (Wildman–Crippen LogP) is 2.56. The number of aliphatic hydroxyl groups is 1. The van der Waals surface area contributed by atoms with E-state index in [4.69, 9.17) is 5.11 Å². The van der Waals surface area contributed by atoms with Crippen LogP contribution in [-0.2, 0) is 0 Å². The zero-order valence-electron chi connectivity index (χ0n) is 9.92. The smallest absolute Gasteiger partial charge is 0.0521 e. The molecule has 17 heavy (non-hydrogen) atoms. The van der Waals surface area contributed by atoms with Gasteiger partial charge in [-0.15, -0.1) is 0 Å². The van der Waals surface area contributed by atoms with Crippen molar-refractivity contribution in [2.45, 2.75) is 0 Å². The molecule has 0 aromatic heterocycles. The van der Waals surface area contributed by atoms with Crippen molar-refractivity contribution in [3.05, 3.63) is 35.9 Å². The largest absolute Gasteiger partial charge is 0.396 e. The van der Waals surface area contributed by atoms with Gasteiger partial charge in [0, 0.05) is 35.8 Å². The van der Waals surface area contributed by atoms with Gasteiger partial charge in [-0.2, -0.15) is 23.5 Å². The number of hydrogen-bond acceptors (Lipinski definition) is 4. The Morgan fingerprint density at radius 1 is 1.00 bits per heavy atom. The number of thioether (sulfide) groups is 2. The molecule has 0 amide bonds. The minimum Gasteiger partial charge on any atom is -0.396 e. The SMILES string of the molecule is OCCSCCSCCN=Cc1ccccc1. The molecule has 1 aromatic rings. The van der Waals surface area contributed by atoms with Gasteiger partial charge in [-0.25, -0.2) is 0 Å².